The highest BCUT2D eigenvalue weighted by atomic mass is 35.5. The van der Waals surface area contributed by atoms with E-state index in [4.69, 9.17) is 35.4 Å². The number of likely N-dealkylation sites (N-methyl/N-ethyl adjacent to an activating group) is 1. The van der Waals surface area contributed by atoms with Crippen LogP contribution >= 0.6 is 35.4 Å². The summed E-state index contributed by atoms with van der Waals surface area (Å²) >= 11 is 17.1. The summed E-state index contributed by atoms with van der Waals surface area (Å²) in [5, 5.41) is 10.4. The molecule has 0 unspecified atom stereocenters. The molecule has 3 aromatic rings. The van der Waals surface area contributed by atoms with Crippen LogP contribution in [-0.2, 0) is 16.1 Å². The highest BCUT2D eigenvalue weighted by Gasteiger charge is 2.17. The zero-order valence-corrected chi connectivity index (χ0v) is 18.6. The first kappa shape index (κ1) is 22.0. The fourth-order valence-electron chi connectivity index (χ4n) is 2.80. The molecule has 7 nitrogen and oxygen atoms in total. The van der Waals surface area contributed by atoms with E-state index < -0.39 is 0 Å². The van der Waals surface area contributed by atoms with Crippen LogP contribution in [0.4, 0.5) is 5.69 Å². The normalized spacial score (nSPS) is 10.7. The van der Waals surface area contributed by atoms with Crippen LogP contribution < -0.4 is 5.32 Å². The molecule has 2 aromatic carbocycles. The van der Waals surface area contributed by atoms with E-state index in [0.717, 1.165) is 11.1 Å². The molecule has 1 aromatic heterocycles. The molecule has 0 aliphatic rings. The summed E-state index contributed by atoms with van der Waals surface area (Å²) in [6, 6.07) is 12.5. The fourth-order valence-corrected chi connectivity index (χ4v) is 3.30. The van der Waals surface area contributed by atoms with E-state index >= 15 is 0 Å². The van der Waals surface area contributed by atoms with Crippen LogP contribution in [0.15, 0.2) is 42.5 Å². The lowest BCUT2D eigenvalue weighted by Crippen LogP contribution is -2.37. The summed E-state index contributed by atoms with van der Waals surface area (Å²) in [6.45, 7) is 1.79. The number of carbonyl (C=O) groups is 2. The second-order valence-electron chi connectivity index (χ2n) is 6.73. The summed E-state index contributed by atoms with van der Waals surface area (Å²) in [7, 11) is 1.55. The van der Waals surface area contributed by atoms with E-state index in [1.807, 2.05) is 31.2 Å². The SMILES string of the molecule is Cc1cccc(-c2n[nH]c(=S)n2CC(=O)N(C)CC(=O)Nc2ccc(Cl)c(Cl)c2)c1. The number of nitrogens with one attached hydrogen (secondary N) is 2. The zero-order valence-electron chi connectivity index (χ0n) is 16.3. The molecule has 0 saturated heterocycles. The molecule has 2 amide bonds. The molecule has 156 valence electrons. The first-order valence-corrected chi connectivity index (χ1v) is 10.1. The summed E-state index contributed by atoms with van der Waals surface area (Å²) in [4.78, 5) is 26.3. The molecule has 0 spiro atoms. The third kappa shape index (κ3) is 5.27. The Hall–Kier alpha value is -2.68. The lowest BCUT2D eigenvalue weighted by Gasteiger charge is -2.18. The van der Waals surface area contributed by atoms with Gasteiger partial charge in [0.15, 0.2) is 10.6 Å². The fraction of sp³-hybridized carbons (Fsp3) is 0.200. The maximum atomic E-state index is 12.7. The Kier molecular flexibility index (Phi) is 6.91. The van der Waals surface area contributed by atoms with Crippen LogP contribution in [0.2, 0.25) is 10.0 Å². The monoisotopic (exact) mass is 463 g/mol. The Morgan fingerprint density at radius 1 is 1.20 bits per heavy atom. The van der Waals surface area contributed by atoms with Crippen molar-refractivity contribution in [3.8, 4) is 11.4 Å². The van der Waals surface area contributed by atoms with Crippen molar-refractivity contribution in [2.75, 3.05) is 18.9 Å². The van der Waals surface area contributed by atoms with E-state index in [-0.39, 0.29) is 24.9 Å². The number of halogens is 2. The van der Waals surface area contributed by atoms with Gasteiger partial charge in [0.2, 0.25) is 11.8 Å². The standard InChI is InChI=1S/C20H19Cl2N5O2S/c1-12-4-3-5-13(8-12)19-24-25-20(30)27(19)11-18(29)26(2)10-17(28)23-14-6-7-15(21)16(22)9-14/h3-9H,10-11H2,1-2H3,(H,23,28)(H,25,30). The average Bonchev–Trinajstić information content (AvgIpc) is 3.05. The Labute approximate surface area is 188 Å². The van der Waals surface area contributed by atoms with Crippen LogP contribution in [0.3, 0.4) is 0 Å². The van der Waals surface area contributed by atoms with Crippen molar-refractivity contribution in [2.45, 2.75) is 13.5 Å². The number of rotatable bonds is 6. The van der Waals surface area contributed by atoms with Gasteiger partial charge in [0.05, 0.1) is 16.6 Å². The van der Waals surface area contributed by atoms with Gasteiger partial charge in [-0.15, -0.1) is 0 Å². The number of benzene rings is 2. The molecule has 0 saturated carbocycles. The van der Waals surface area contributed by atoms with Crippen molar-refractivity contribution in [3.05, 3.63) is 62.8 Å². The van der Waals surface area contributed by atoms with E-state index in [1.165, 1.54) is 4.90 Å². The molecule has 0 radical (unpaired) electrons. The lowest BCUT2D eigenvalue weighted by atomic mass is 10.1. The molecular formula is C20H19Cl2N5O2S. The largest absolute Gasteiger partial charge is 0.335 e. The van der Waals surface area contributed by atoms with Crippen LogP contribution in [0.5, 0.6) is 0 Å². The summed E-state index contributed by atoms with van der Waals surface area (Å²) in [5.74, 6) is -0.0877. The topological polar surface area (TPSA) is 83.0 Å². The van der Waals surface area contributed by atoms with E-state index in [1.54, 1.807) is 29.8 Å². The second-order valence-corrected chi connectivity index (χ2v) is 7.94. The predicted molar refractivity (Wildman–Crippen MR) is 120 cm³/mol. The minimum atomic E-state index is -0.362. The van der Waals surface area contributed by atoms with Crippen LogP contribution in [0.1, 0.15) is 5.56 Å². The van der Waals surface area contributed by atoms with Gasteiger partial charge >= 0.3 is 0 Å². The first-order valence-electron chi connectivity index (χ1n) is 8.95. The van der Waals surface area contributed by atoms with Gasteiger partial charge in [0.25, 0.3) is 0 Å². The third-order valence-corrected chi connectivity index (χ3v) is 5.39. The van der Waals surface area contributed by atoms with Crippen molar-refractivity contribution in [2.24, 2.45) is 0 Å². The number of carbonyl (C=O) groups excluding carboxylic acids is 2. The second kappa shape index (κ2) is 9.42. The molecule has 1 heterocycles. The van der Waals surface area contributed by atoms with E-state index in [9.17, 15) is 9.59 Å². The molecular weight excluding hydrogens is 445 g/mol. The number of hydrogen-bond donors (Lipinski definition) is 2. The van der Waals surface area contributed by atoms with Crippen LogP contribution in [0.25, 0.3) is 11.4 Å². The predicted octanol–water partition coefficient (Wildman–Crippen LogP) is 4.32. The van der Waals surface area contributed by atoms with Crippen molar-refractivity contribution >= 4 is 52.9 Å². The molecule has 10 heteroatoms. The number of hydrogen-bond acceptors (Lipinski definition) is 4. The van der Waals surface area contributed by atoms with Crippen molar-refractivity contribution in [1.29, 1.82) is 0 Å². The third-order valence-electron chi connectivity index (χ3n) is 4.34. The molecule has 3 rings (SSSR count). The molecule has 0 fully saturated rings. The van der Waals surface area contributed by atoms with Crippen molar-refractivity contribution in [1.82, 2.24) is 19.7 Å². The number of H-pyrrole nitrogens is 1. The summed E-state index contributed by atoms with van der Waals surface area (Å²) in [5.41, 5.74) is 2.40. The Morgan fingerprint density at radius 2 is 1.97 bits per heavy atom. The van der Waals surface area contributed by atoms with E-state index in [2.05, 4.69) is 15.5 Å². The Morgan fingerprint density at radius 3 is 2.67 bits per heavy atom. The van der Waals surface area contributed by atoms with Gasteiger partial charge in [0, 0.05) is 18.3 Å². The van der Waals surface area contributed by atoms with Gasteiger partial charge in [-0.25, -0.2) is 0 Å². The molecule has 0 bridgehead atoms. The lowest BCUT2D eigenvalue weighted by molar-refractivity contribution is -0.133. The van der Waals surface area contributed by atoms with Crippen LogP contribution in [0, 0.1) is 11.7 Å². The highest BCUT2D eigenvalue weighted by Crippen LogP contribution is 2.25. The molecule has 0 aliphatic heterocycles. The molecule has 0 aliphatic carbocycles. The van der Waals surface area contributed by atoms with Gasteiger partial charge in [-0.2, -0.15) is 5.10 Å². The quantitative estimate of drug-likeness (QED) is 0.533. The minimum absolute atomic E-state index is 0.0465. The van der Waals surface area contributed by atoms with Gasteiger partial charge < -0.3 is 10.2 Å². The number of amides is 2. The molecule has 2 N–H and O–H groups in total. The average molecular weight is 464 g/mol. The number of aromatic amines is 1. The number of anilines is 1. The van der Waals surface area contributed by atoms with Crippen LogP contribution in [-0.4, -0.2) is 45.1 Å². The Balaban J connectivity index is 1.67. The number of nitrogens with zero attached hydrogens (tertiary/aromatic N) is 3. The van der Waals surface area contributed by atoms with Gasteiger partial charge in [-0.3, -0.25) is 19.3 Å². The smallest absolute Gasteiger partial charge is 0.243 e. The van der Waals surface area contributed by atoms with Crippen molar-refractivity contribution < 1.29 is 9.59 Å². The first-order chi connectivity index (χ1) is 14.2. The zero-order chi connectivity index (χ0) is 21.8. The Bertz CT molecular complexity index is 1160. The van der Waals surface area contributed by atoms with E-state index in [0.29, 0.717) is 26.3 Å². The molecule has 30 heavy (non-hydrogen) atoms. The maximum Gasteiger partial charge on any atom is 0.243 e. The summed E-state index contributed by atoms with van der Waals surface area (Å²) in [6.07, 6.45) is 0. The van der Waals surface area contributed by atoms with Gasteiger partial charge in [-0.1, -0.05) is 47.0 Å². The number of aryl methyl sites for hydroxylation is 1. The molecule has 0 atom stereocenters. The minimum Gasteiger partial charge on any atom is -0.335 e. The van der Waals surface area contributed by atoms with Crippen molar-refractivity contribution in [3.63, 3.8) is 0 Å². The number of aromatic nitrogens is 3. The van der Waals surface area contributed by atoms with Gasteiger partial charge in [-0.05, 0) is 43.4 Å². The van der Waals surface area contributed by atoms with Gasteiger partial charge in [0.1, 0.15) is 6.54 Å². The summed E-state index contributed by atoms with van der Waals surface area (Å²) < 4.78 is 1.94. The highest BCUT2D eigenvalue weighted by molar-refractivity contribution is 7.71. The maximum absolute atomic E-state index is 12.7.